The van der Waals surface area contributed by atoms with Crippen LogP contribution < -0.4 is 20.1 Å². The van der Waals surface area contributed by atoms with Gasteiger partial charge in [-0.25, -0.2) is 0 Å². The summed E-state index contributed by atoms with van der Waals surface area (Å²) in [5.41, 5.74) is 6.94. The summed E-state index contributed by atoms with van der Waals surface area (Å²) in [4.78, 5) is 17.3. The minimum Gasteiger partial charge on any atom is -0.493 e. The predicted octanol–water partition coefficient (Wildman–Crippen LogP) is 6.94. The van der Waals surface area contributed by atoms with Gasteiger partial charge in [-0.15, -0.1) is 0 Å². The summed E-state index contributed by atoms with van der Waals surface area (Å²) in [6.07, 6.45) is 3.24. The molecule has 0 spiro atoms. The van der Waals surface area contributed by atoms with E-state index in [9.17, 15) is 4.79 Å². The highest BCUT2D eigenvalue weighted by Gasteiger charge is 2.37. The van der Waals surface area contributed by atoms with Crippen molar-refractivity contribution in [3.63, 3.8) is 0 Å². The number of methoxy groups -OCH3 is 1. The van der Waals surface area contributed by atoms with Gasteiger partial charge in [0.05, 0.1) is 30.6 Å². The topological polar surface area (TPSA) is 75.4 Å². The van der Waals surface area contributed by atoms with Crippen LogP contribution in [-0.2, 0) is 4.79 Å². The second kappa shape index (κ2) is 9.36. The third kappa shape index (κ3) is 4.22. The Labute approximate surface area is 216 Å². The van der Waals surface area contributed by atoms with E-state index in [1.807, 2.05) is 56.4 Å². The highest BCUT2D eigenvalue weighted by Crippen LogP contribution is 2.46. The fourth-order valence-corrected chi connectivity index (χ4v) is 5.58. The minimum absolute atomic E-state index is 0.0367. The average molecular weight is 494 g/mol. The van der Waals surface area contributed by atoms with Crippen LogP contribution in [0.5, 0.6) is 11.5 Å². The van der Waals surface area contributed by atoms with E-state index in [1.165, 1.54) is 0 Å². The largest absolute Gasteiger partial charge is 0.493 e. The number of allylic oxidation sites excluding steroid dienone is 1. The van der Waals surface area contributed by atoms with Crippen molar-refractivity contribution < 1.29 is 14.3 Å². The molecular weight excluding hydrogens is 462 g/mol. The molecule has 2 heterocycles. The highest BCUT2D eigenvalue weighted by molar-refractivity contribution is 6.02. The number of hydrogen-bond donors (Lipinski definition) is 3. The van der Waals surface area contributed by atoms with Crippen LogP contribution in [0.3, 0.4) is 0 Å². The number of ether oxygens (including phenoxy) is 2. The first kappa shape index (κ1) is 23.2. The normalized spacial score (nSPS) is 19.1. The van der Waals surface area contributed by atoms with E-state index in [0.29, 0.717) is 17.9 Å². The van der Waals surface area contributed by atoms with Gasteiger partial charge in [-0.05, 0) is 62.1 Å². The van der Waals surface area contributed by atoms with Crippen molar-refractivity contribution in [3.05, 3.63) is 95.3 Å². The Kier molecular flexibility index (Phi) is 5.87. The summed E-state index contributed by atoms with van der Waals surface area (Å²) >= 11 is 0. The van der Waals surface area contributed by atoms with Crippen molar-refractivity contribution in [2.24, 2.45) is 0 Å². The van der Waals surface area contributed by atoms with E-state index in [1.54, 1.807) is 7.11 Å². The molecule has 1 aliphatic heterocycles. The molecule has 1 aromatic heterocycles. The lowest BCUT2D eigenvalue weighted by atomic mass is 9.78. The Morgan fingerprint density at radius 2 is 1.70 bits per heavy atom. The number of rotatable bonds is 5. The number of carbonyl (C=O) groups excluding carboxylic acids is 1. The summed E-state index contributed by atoms with van der Waals surface area (Å²) in [6.45, 7) is 3.99. The molecule has 2 aliphatic rings. The second-order valence-electron chi connectivity index (χ2n) is 10.0. The molecule has 0 amide bonds. The molecule has 3 N–H and O–H groups in total. The van der Waals surface area contributed by atoms with Gasteiger partial charge in [0, 0.05) is 40.4 Å². The molecule has 2 atom stereocenters. The summed E-state index contributed by atoms with van der Waals surface area (Å²) in [5.74, 6) is 1.59. The molecule has 6 nitrogen and oxygen atoms in total. The minimum atomic E-state index is -0.257. The predicted molar refractivity (Wildman–Crippen MR) is 147 cm³/mol. The number of nitrogens with one attached hydrogen (secondary N) is 3. The smallest absolute Gasteiger partial charge is 0.163 e. The number of Topliss-reactive ketones (excluding diaryl/α,β-unsaturated/α-hetero) is 1. The van der Waals surface area contributed by atoms with Gasteiger partial charge >= 0.3 is 0 Å². The zero-order valence-electron chi connectivity index (χ0n) is 21.3. The van der Waals surface area contributed by atoms with Crippen LogP contribution in [-0.4, -0.2) is 24.0 Å². The first-order valence-electron chi connectivity index (χ1n) is 12.8. The van der Waals surface area contributed by atoms with E-state index in [4.69, 9.17) is 9.47 Å². The van der Waals surface area contributed by atoms with Crippen LogP contribution in [0.4, 0.5) is 11.4 Å². The number of aromatic amines is 1. The average Bonchev–Trinajstić information content (AvgIpc) is 3.24. The van der Waals surface area contributed by atoms with Crippen molar-refractivity contribution in [3.8, 4) is 11.5 Å². The fourth-order valence-electron chi connectivity index (χ4n) is 5.58. The number of fused-ring (bicyclic) bond motifs is 2. The first-order chi connectivity index (χ1) is 18.0. The lowest BCUT2D eigenvalue weighted by Gasteiger charge is -2.30. The molecule has 2 unspecified atom stereocenters. The maximum absolute atomic E-state index is 13.9. The zero-order chi connectivity index (χ0) is 25.5. The Bertz CT molecular complexity index is 1520. The maximum Gasteiger partial charge on any atom is 0.163 e. The summed E-state index contributed by atoms with van der Waals surface area (Å²) < 4.78 is 11.5. The number of para-hydroxylation sites is 3. The zero-order valence-corrected chi connectivity index (χ0v) is 21.3. The fraction of sp³-hybridized carbons (Fsp3) is 0.258. The van der Waals surface area contributed by atoms with Crippen molar-refractivity contribution >= 4 is 28.1 Å². The second-order valence-corrected chi connectivity index (χ2v) is 10.0. The first-order valence-corrected chi connectivity index (χ1v) is 12.8. The monoisotopic (exact) mass is 493 g/mol. The molecule has 0 bridgehead atoms. The molecule has 6 heteroatoms. The number of aromatic nitrogens is 1. The Morgan fingerprint density at radius 3 is 2.51 bits per heavy atom. The number of anilines is 2. The number of H-pyrrole nitrogens is 1. The summed E-state index contributed by atoms with van der Waals surface area (Å²) in [5, 5.41) is 8.43. The van der Waals surface area contributed by atoms with Crippen LogP contribution in [0.15, 0.2) is 84.2 Å². The van der Waals surface area contributed by atoms with Crippen LogP contribution in [0.25, 0.3) is 10.9 Å². The van der Waals surface area contributed by atoms with Crippen LogP contribution in [0.2, 0.25) is 0 Å². The van der Waals surface area contributed by atoms with E-state index in [2.05, 4.69) is 45.9 Å². The summed E-state index contributed by atoms with van der Waals surface area (Å²) in [6, 6.07) is 22.1. The Balaban J connectivity index is 1.42. The van der Waals surface area contributed by atoms with Crippen LogP contribution >= 0.6 is 0 Å². The maximum atomic E-state index is 13.9. The third-order valence-electron chi connectivity index (χ3n) is 7.26. The molecule has 0 radical (unpaired) electrons. The molecular formula is C31H31N3O3. The van der Waals surface area contributed by atoms with E-state index in [0.717, 1.165) is 51.1 Å². The van der Waals surface area contributed by atoms with Gasteiger partial charge in [-0.2, -0.15) is 0 Å². The molecule has 0 saturated carbocycles. The van der Waals surface area contributed by atoms with Gasteiger partial charge in [-0.1, -0.05) is 36.4 Å². The van der Waals surface area contributed by atoms with E-state index < -0.39 is 0 Å². The van der Waals surface area contributed by atoms with Gasteiger partial charge < -0.3 is 25.1 Å². The van der Waals surface area contributed by atoms with Crippen LogP contribution in [0, 0.1) is 0 Å². The quantitative estimate of drug-likeness (QED) is 0.281. The molecule has 0 fully saturated rings. The third-order valence-corrected chi connectivity index (χ3v) is 7.26. The lowest BCUT2D eigenvalue weighted by molar-refractivity contribution is -0.116. The van der Waals surface area contributed by atoms with E-state index >= 15 is 0 Å². The highest BCUT2D eigenvalue weighted by atomic mass is 16.5. The van der Waals surface area contributed by atoms with Gasteiger partial charge in [-0.3, -0.25) is 4.79 Å². The standard InChI is InChI=1S/C31H31N3O3/c1-18(2)37-28-13-12-19(16-29(28)36-3)20-14-26-30(27(35)15-20)31(34-25-11-7-6-10-24(25)33-26)22-17-32-23-9-5-4-8-21(22)23/h4-13,16-18,20,31-34H,14-15H2,1-3H3. The van der Waals surface area contributed by atoms with Gasteiger partial charge in [0.15, 0.2) is 17.3 Å². The Hall–Kier alpha value is -4.19. The number of hydrogen-bond acceptors (Lipinski definition) is 5. The van der Waals surface area contributed by atoms with Gasteiger partial charge in [0.25, 0.3) is 0 Å². The Morgan fingerprint density at radius 1 is 0.919 bits per heavy atom. The lowest BCUT2D eigenvalue weighted by Crippen LogP contribution is -2.26. The van der Waals surface area contributed by atoms with Crippen LogP contribution in [0.1, 0.15) is 49.8 Å². The molecule has 188 valence electrons. The van der Waals surface area contributed by atoms with Crippen molar-refractivity contribution in [1.82, 2.24) is 4.98 Å². The number of ketones is 1. The van der Waals surface area contributed by atoms with Gasteiger partial charge in [0.1, 0.15) is 0 Å². The molecule has 3 aromatic carbocycles. The molecule has 0 saturated heterocycles. The molecule has 1 aliphatic carbocycles. The summed E-state index contributed by atoms with van der Waals surface area (Å²) in [7, 11) is 1.65. The molecule has 6 rings (SSSR count). The van der Waals surface area contributed by atoms with Gasteiger partial charge in [0.2, 0.25) is 0 Å². The molecule has 4 aromatic rings. The van der Waals surface area contributed by atoms with Crippen molar-refractivity contribution in [2.45, 2.75) is 44.8 Å². The molecule has 37 heavy (non-hydrogen) atoms. The van der Waals surface area contributed by atoms with Crippen molar-refractivity contribution in [1.29, 1.82) is 0 Å². The SMILES string of the molecule is COc1cc(C2CC(=O)C3=C(C2)Nc2ccccc2NC3c2c[nH]c3ccccc23)ccc1OC(C)C. The van der Waals surface area contributed by atoms with E-state index in [-0.39, 0.29) is 23.8 Å². The number of carbonyl (C=O) groups is 1. The van der Waals surface area contributed by atoms with Crippen molar-refractivity contribution in [2.75, 3.05) is 17.7 Å². The number of benzene rings is 3.